The number of fused-ring (bicyclic) bond motifs is 1. The second kappa shape index (κ2) is 5.59. The van der Waals surface area contributed by atoms with Crippen molar-refractivity contribution in [3.63, 3.8) is 0 Å². The second-order valence-electron chi connectivity index (χ2n) is 6.83. The van der Waals surface area contributed by atoms with Crippen molar-refractivity contribution in [3.8, 4) is 0 Å². The summed E-state index contributed by atoms with van der Waals surface area (Å²) in [5.41, 5.74) is 0. The first-order valence-corrected chi connectivity index (χ1v) is 8.28. The molecule has 0 aromatic heterocycles. The molecule has 2 atom stereocenters. The van der Waals surface area contributed by atoms with Crippen molar-refractivity contribution >= 4 is 11.8 Å². The fourth-order valence-electron chi connectivity index (χ4n) is 4.04. The first-order chi connectivity index (χ1) is 10.0. The van der Waals surface area contributed by atoms with Gasteiger partial charge in [0, 0.05) is 19.2 Å². The van der Waals surface area contributed by atoms with Crippen LogP contribution in [0.1, 0.15) is 46.5 Å². The molecule has 0 bridgehead atoms. The quantitative estimate of drug-likeness (QED) is 0.788. The standard InChI is InChI=1S/C16H26N2O3/c1-4-21-12-8-11(9-12)18-14(10(2)3)16(20)17-7-5-6-13(17)15(18)19/h10-14H,4-9H2,1-3H3. The van der Waals surface area contributed by atoms with Crippen LogP contribution in [0.25, 0.3) is 0 Å². The molecular formula is C16H26N2O3. The Morgan fingerprint density at radius 1 is 1.24 bits per heavy atom. The summed E-state index contributed by atoms with van der Waals surface area (Å²) in [5.74, 6) is 0.492. The summed E-state index contributed by atoms with van der Waals surface area (Å²) in [6, 6.07) is -0.286. The fourth-order valence-corrected chi connectivity index (χ4v) is 4.04. The maximum Gasteiger partial charge on any atom is 0.246 e. The molecule has 1 aliphatic carbocycles. The monoisotopic (exact) mass is 294 g/mol. The second-order valence-corrected chi connectivity index (χ2v) is 6.83. The number of piperazine rings is 1. The highest BCUT2D eigenvalue weighted by molar-refractivity contribution is 5.97. The van der Waals surface area contributed by atoms with Crippen LogP contribution in [0.5, 0.6) is 0 Å². The molecule has 3 aliphatic rings. The first kappa shape index (κ1) is 14.8. The van der Waals surface area contributed by atoms with Crippen molar-refractivity contribution in [2.75, 3.05) is 13.2 Å². The molecule has 2 aliphatic heterocycles. The first-order valence-electron chi connectivity index (χ1n) is 8.28. The predicted molar refractivity (Wildman–Crippen MR) is 78.6 cm³/mol. The Morgan fingerprint density at radius 3 is 2.57 bits per heavy atom. The Hall–Kier alpha value is -1.10. The lowest BCUT2D eigenvalue weighted by atomic mass is 9.83. The number of hydrogen-bond acceptors (Lipinski definition) is 3. The van der Waals surface area contributed by atoms with Crippen LogP contribution in [0, 0.1) is 5.92 Å². The average Bonchev–Trinajstić information content (AvgIpc) is 2.87. The molecule has 2 unspecified atom stereocenters. The highest BCUT2D eigenvalue weighted by Crippen LogP contribution is 2.37. The predicted octanol–water partition coefficient (Wildman–Crippen LogP) is 1.41. The molecule has 5 nitrogen and oxygen atoms in total. The number of carbonyl (C=O) groups excluding carboxylic acids is 2. The smallest absolute Gasteiger partial charge is 0.246 e. The largest absolute Gasteiger partial charge is 0.378 e. The lowest BCUT2D eigenvalue weighted by molar-refractivity contribution is -0.170. The third-order valence-corrected chi connectivity index (χ3v) is 5.13. The van der Waals surface area contributed by atoms with E-state index in [2.05, 4.69) is 0 Å². The van der Waals surface area contributed by atoms with E-state index in [1.165, 1.54) is 0 Å². The molecule has 0 radical (unpaired) electrons. The van der Waals surface area contributed by atoms with E-state index in [1.54, 1.807) is 0 Å². The Morgan fingerprint density at radius 2 is 1.95 bits per heavy atom. The van der Waals surface area contributed by atoms with Crippen molar-refractivity contribution in [2.45, 2.75) is 70.7 Å². The van der Waals surface area contributed by atoms with Gasteiger partial charge < -0.3 is 14.5 Å². The third-order valence-electron chi connectivity index (χ3n) is 5.13. The summed E-state index contributed by atoms with van der Waals surface area (Å²) in [6.45, 7) is 7.54. The Balaban J connectivity index is 1.79. The van der Waals surface area contributed by atoms with Crippen LogP contribution in [-0.4, -0.2) is 59.0 Å². The van der Waals surface area contributed by atoms with Crippen molar-refractivity contribution in [3.05, 3.63) is 0 Å². The number of ether oxygens (including phenoxy) is 1. The molecule has 5 heteroatoms. The molecular weight excluding hydrogens is 268 g/mol. The topological polar surface area (TPSA) is 49.9 Å². The minimum atomic E-state index is -0.278. The molecule has 2 amide bonds. The van der Waals surface area contributed by atoms with Crippen molar-refractivity contribution in [2.24, 2.45) is 5.92 Å². The zero-order chi connectivity index (χ0) is 15.1. The van der Waals surface area contributed by atoms with Crippen LogP contribution < -0.4 is 0 Å². The van der Waals surface area contributed by atoms with Gasteiger partial charge in [0.1, 0.15) is 12.1 Å². The van der Waals surface area contributed by atoms with Crippen LogP contribution in [0.4, 0.5) is 0 Å². The maximum atomic E-state index is 12.9. The van der Waals surface area contributed by atoms with Gasteiger partial charge in [0.15, 0.2) is 0 Å². The number of hydrogen-bond donors (Lipinski definition) is 0. The zero-order valence-corrected chi connectivity index (χ0v) is 13.2. The molecule has 2 heterocycles. The molecule has 3 rings (SSSR count). The normalized spacial score (nSPS) is 36.2. The van der Waals surface area contributed by atoms with E-state index in [1.807, 2.05) is 30.6 Å². The molecule has 21 heavy (non-hydrogen) atoms. The van der Waals surface area contributed by atoms with Crippen LogP contribution in [0.3, 0.4) is 0 Å². The molecule has 0 N–H and O–H groups in total. The molecule has 0 spiro atoms. The van der Waals surface area contributed by atoms with E-state index in [0.717, 1.165) is 32.2 Å². The van der Waals surface area contributed by atoms with Crippen LogP contribution in [0.2, 0.25) is 0 Å². The molecule has 0 aromatic carbocycles. The van der Waals surface area contributed by atoms with E-state index < -0.39 is 0 Å². The SMILES string of the molecule is CCOC1CC(N2C(=O)C3CCCN3C(=O)C2C(C)C)C1. The Kier molecular flexibility index (Phi) is 3.95. The molecule has 2 saturated heterocycles. The van der Waals surface area contributed by atoms with Gasteiger partial charge in [-0.2, -0.15) is 0 Å². The summed E-state index contributed by atoms with van der Waals surface area (Å²) in [6.07, 6.45) is 3.80. The van der Waals surface area contributed by atoms with Crippen LogP contribution >= 0.6 is 0 Å². The van der Waals surface area contributed by atoms with E-state index in [0.29, 0.717) is 6.61 Å². The van der Waals surface area contributed by atoms with E-state index in [-0.39, 0.29) is 42.0 Å². The summed E-state index contributed by atoms with van der Waals surface area (Å²) >= 11 is 0. The van der Waals surface area contributed by atoms with Crippen LogP contribution in [0.15, 0.2) is 0 Å². The van der Waals surface area contributed by atoms with Gasteiger partial charge in [-0.05, 0) is 38.5 Å². The van der Waals surface area contributed by atoms with Crippen molar-refractivity contribution < 1.29 is 14.3 Å². The maximum absolute atomic E-state index is 12.9. The number of amides is 2. The molecule has 1 saturated carbocycles. The molecule has 118 valence electrons. The number of carbonyl (C=O) groups is 2. The summed E-state index contributed by atoms with van der Waals surface area (Å²) < 4.78 is 5.61. The summed E-state index contributed by atoms with van der Waals surface area (Å²) in [7, 11) is 0. The van der Waals surface area contributed by atoms with Gasteiger partial charge in [0.2, 0.25) is 11.8 Å². The van der Waals surface area contributed by atoms with E-state index >= 15 is 0 Å². The lowest BCUT2D eigenvalue weighted by Gasteiger charge is -2.51. The van der Waals surface area contributed by atoms with E-state index in [9.17, 15) is 9.59 Å². The van der Waals surface area contributed by atoms with Gasteiger partial charge in [-0.15, -0.1) is 0 Å². The van der Waals surface area contributed by atoms with Gasteiger partial charge in [0.25, 0.3) is 0 Å². The highest BCUT2D eigenvalue weighted by Gasteiger charge is 2.52. The van der Waals surface area contributed by atoms with Crippen LogP contribution in [-0.2, 0) is 14.3 Å². The Labute approximate surface area is 126 Å². The molecule has 3 fully saturated rings. The number of rotatable bonds is 4. The summed E-state index contributed by atoms with van der Waals surface area (Å²) in [4.78, 5) is 29.3. The van der Waals surface area contributed by atoms with Crippen molar-refractivity contribution in [1.29, 1.82) is 0 Å². The minimum Gasteiger partial charge on any atom is -0.378 e. The average molecular weight is 294 g/mol. The minimum absolute atomic E-state index is 0.159. The zero-order valence-electron chi connectivity index (χ0n) is 13.2. The van der Waals surface area contributed by atoms with Gasteiger partial charge in [-0.3, -0.25) is 9.59 Å². The summed E-state index contributed by atoms with van der Waals surface area (Å²) in [5, 5.41) is 0. The van der Waals surface area contributed by atoms with Crippen molar-refractivity contribution in [1.82, 2.24) is 9.80 Å². The van der Waals surface area contributed by atoms with Gasteiger partial charge in [-0.25, -0.2) is 0 Å². The van der Waals surface area contributed by atoms with Gasteiger partial charge in [-0.1, -0.05) is 13.8 Å². The fraction of sp³-hybridized carbons (Fsp3) is 0.875. The highest BCUT2D eigenvalue weighted by atomic mass is 16.5. The number of nitrogens with zero attached hydrogens (tertiary/aromatic N) is 2. The third kappa shape index (κ3) is 2.35. The van der Waals surface area contributed by atoms with Gasteiger partial charge >= 0.3 is 0 Å². The molecule has 0 aromatic rings. The van der Waals surface area contributed by atoms with E-state index in [4.69, 9.17) is 4.74 Å². The van der Waals surface area contributed by atoms with Gasteiger partial charge in [0.05, 0.1) is 6.10 Å². The Bertz CT molecular complexity index is 431. The lowest BCUT2D eigenvalue weighted by Crippen LogP contribution is -2.68.